The number of sulfonamides is 1. The van der Waals surface area contributed by atoms with Gasteiger partial charge in [0.05, 0.1) is 22.8 Å². The Kier molecular flexibility index (Phi) is 7.93. The number of rotatable bonds is 7. The molecule has 0 saturated carbocycles. The van der Waals surface area contributed by atoms with E-state index in [1.807, 2.05) is 18.7 Å². The summed E-state index contributed by atoms with van der Waals surface area (Å²) in [6, 6.07) is 10.9. The monoisotopic (exact) mass is 478 g/mol. The number of amides is 2. The lowest BCUT2D eigenvalue weighted by Gasteiger charge is -2.37. The Morgan fingerprint density at radius 3 is 2.36 bits per heavy atom. The highest BCUT2D eigenvalue weighted by Crippen LogP contribution is 2.24. The molecule has 2 N–H and O–H groups in total. The fourth-order valence-electron chi connectivity index (χ4n) is 3.81. The van der Waals surface area contributed by atoms with Crippen molar-refractivity contribution in [2.75, 3.05) is 32.1 Å². The molecule has 33 heavy (non-hydrogen) atoms. The summed E-state index contributed by atoms with van der Waals surface area (Å²) in [6.07, 6.45) is 0.0482. The first-order chi connectivity index (χ1) is 15.6. The zero-order valence-corrected chi connectivity index (χ0v) is 20.2. The third-order valence-corrected chi connectivity index (χ3v) is 7.31. The summed E-state index contributed by atoms with van der Waals surface area (Å²) >= 11 is 0. The lowest BCUT2D eigenvalue weighted by Crippen LogP contribution is -2.45. The van der Waals surface area contributed by atoms with Gasteiger partial charge in [0.15, 0.2) is 0 Å². The van der Waals surface area contributed by atoms with E-state index in [1.165, 1.54) is 26.2 Å². The molecule has 0 spiro atoms. The molecule has 10 heteroatoms. The van der Waals surface area contributed by atoms with Crippen LogP contribution in [0, 0.1) is 5.82 Å². The minimum atomic E-state index is -3.63. The molecule has 1 heterocycles. The van der Waals surface area contributed by atoms with Gasteiger partial charge in [-0.05, 0) is 43.2 Å². The van der Waals surface area contributed by atoms with E-state index >= 15 is 0 Å². The Balaban J connectivity index is 1.57. The predicted molar refractivity (Wildman–Crippen MR) is 125 cm³/mol. The fourth-order valence-corrected chi connectivity index (χ4v) is 4.93. The van der Waals surface area contributed by atoms with Crippen molar-refractivity contribution in [3.63, 3.8) is 0 Å². The van der Waals surface area contributed by atoms with Crippen LogP contribution in [-0.2, 0) is 27.8 Å². The molecule has 2 atom stereocenters. The van der Waals surface area contributed by atoms with Gasteiger partial charge in [-0.25, -0.2) is 21.9 Å². The fraction of sp³-hybridized carbons (Fsp3) is 0.435. The summed E-state index contributed by atoms with van der Waals surface area (Å²) in [7, 11) is -0.717. The van der Waals surface area contributed by atoms with E-state index in [4.69, 9.17) is 4.74 Å². The minimum Gasteiger partial charge on any atom is -0.372 e. The molecule has 0 radical (unpaired) electrons. The first-order valence-corrected chi connectivity index (χ1v) is 12.2. The molecule has 1 saturated heterocycles. The highest BCUT2D eigenvalue weighted by molar-refractivity contribution is 7.89. The number of carbonyl (C=O) groups excluding carboxylic acids is 1. The smallest absolute Gasteiger partial charge is 0.315 e. The number of hydrogen-bond acceptors (Lipinski definition) is 5. The van der Waals surface area contributed by atoms with Crippen LogP contribution >= 0.6 is 0 Å². The normalized spacial score (nSPS) is 18.9. The second kappa shape index (κ2) is 10.5. The summed E-state index contributed by atoms with van der Waals surface area (Å²) < 4.78 is 46.5. The van der Waals surface area contributed by atoms with Crippen LogP contribution in [0.15, 0.2) is 47.4 Å². The number of urea groups is 1. The average Bonchev–Trinajstić information content (AvgIpc) is 2.75. The summed E-state index contributed by atoms with van der Waals surface area (Å²) in [6.45, 7) is 5.34. The van der Waals surface area contributed by atoms with Gasteiger partial charge in [-0.2, -0.15) is 0 Å². The van der Waals surface area contributed by atoms with Crippen molar-refractivity contribution in [3.8, 4) is 0 Å². The Morgan fingerprint density at radius 1 is 1.09 bits per heavy atom. The molecule has 1 aliphatic rings. The van der Waals surface area contributed by atoms with E-state index < -0.39 is 16.1 Å². The molecule has 180 valence electrons. The van der Waals surface area contributed by atoms with Crippen molar-refractivity contribution in [1.29, 1.82) is 0 Å². The molecule has 1 aliphatic heterocycles. The van der Waals surface area contributed by atoms with Gasteiger partial charge in [-0.15, -0.1) is 0 Å². The minimum absolute atomic E-state index is 0.0241. The standard InChI is InChI=1S/C23H31FN4O4S/c1-16-14-28(15-17(2)32-16)21-10-9-18(11-20(21)24)12-25-23(29)26-13-19-7-5-6-8-22(19)33(30,31)27(3)4/h5-11,16-17H,12-15H2,1-4H3,(H2,25,26,29). The van der Waals surface area contributed by atoms with Crippen LogP contribution in [0.1, 0.15) is 25.0 Å². The van der Waals surface area contributed by atoms with Gasteiger partial charge in [0.1, 0.15) is 5.82 Å². The maximum Gasteiger partial charge on any atom is 0.315 e. The third kappa shape index (κ3) is 6.21. The van der Waals surface area contributed by atoms with Crippen molar-refractivity contribution in [2.24, 2.45) is 0 Å². The predicted octanol–water partition coefficient (Wildman–Crippen LogP) is 2.69. The van der Waals surface area contributed by atoms with Crippen LogP contribution in [0.3, 0.4) is 0 Å². The molecule has 2 unspecified atom stereocenters. The maximum absolute atomic E-state index is 14.7. The molecule has 1 fully saturated rings. The molecule has 2 aromatic rings. The molecule has 0 aromatic heterocycles. The average molecular weight is 479 g/mol. The Bertz CT molecular complexity index is 1080. The summed E-state index contributed by atoms with van der Waals surface area (Å²) in [5.41, 5.74) is 1.62. The van der Waals surface area contributed by atoms with E-state index in [-0.39, 0.29) is 36.0 Å². The number of ether oxygens (including phenoxy) is 1. The van der Waals surface area contributed by atoms with Gasteiger partial charge >= 0.3 is 6.03 Å². The van der Waals surface area contributed by atoms with Crippen LogP contribution in [-0.4, -0.2) is 58.1 Å². The summed E-state index contributed by atoms with van der Waals surface area (Å²) in [5, 5.41) is 5.34. The lowest BCUT2D eigenvalue weighted by molar-refractivity contribution is -0.00539. The van der Waals surface area contributed by atoms with Gasteiger partial charge < -0.3 is 20.3 Å². The first-order valence-electron chi connectivity index (χ1n) is 10.8. The van der Waals surface area contributed by atoms with Gasteiger partial charge in [0, 0.05) is 40.3 Å². The second-order valence-electron chi connectivity index (χ2n) is 8.38. The van der Waals surface area contributed by atoms with E-state index in [2.05, 4.69) is 10.6 Å². The molecule has 2 amide bonds. The number of anilines is 1. The number of morpholine rings is 1. The highest BCUT2D eigenvalue weighted by atomic mass is 32.2. The van der Waals surface area contributed by atoms with Crippen molar-refractivity contribution in [3.05, 3.63) is 59.4 Å². The quantitative estimate of drug-likeness (QED) is 0.639. The number of benzene rings is 2. The highest BCUT2D eigenvalue weighted by Gasteiger charge is 2.24. The Labute approximate surface area is 194 Å². The zero-order valence-electron chi connectivity index (χ0n) is 19.3. The van der Waals surface area contributed by atoms with Crippen LogP contribution in [0.5, 0.6) is 0 Å². The van der Waals surface area contributed by atoms with E-state index in [0.717, 1.165) is 4.31 Å². The van der Waals surface area contributed by atoms with Crippen LogP contribution in [0.2, 0.25) is 0 Å². The molecule has 8 nitrogen and oxygen atoms in total. The van der Waals surface area contributed by atoms with E-state index in [9.17, 15) is 17.6 Å². The molecular formula is C23H31FN4O4S. The topological polar surface area (TPSA) is 91.0 Å². The molecular weight excluding hydrogens is 447 g/mol. The SMILES string of the molecule is CC1CN(c2ccc(CNC(=O)NCc3ccccc3S(=O)(=O)N(C)C)cc2F)CC(C)O1. The third-order valence-electron chi connectivity index (χ3n) is 5.40. The van der Waals surface area contributed by atoms with Crippen LogP contribution in [0.25, 0.3) is 0 Å². The lowest BCUT2D eigenvalue weighted by atomic mass is 10.1. The van der Waals surface area contributed by atoms with Gasteiger partial charge in [0.2, 0.25) is 10.0 Å². The van der Waals surface area contributed by atoms with Crippen molar-refractivity contribution < 1.29 is 22.3 Å². The van der Waals surface area contributed by atoms with E-state index in [0.29, 0.717) is 29.9 Å². The van der Waals surface area contributed by atoms with Crippen molar-refractivity contribution >= 4 is 21.7 Å². The van der Waals surface area contributed by atoms with Gasteiger partial charge in [-0.3, -0.25) is 0 Å². The number of nitrogens with zero attached hydrogens (tertiary/aromatic N) is 2. The first kappa shape index (κ1) is 24.9. The maximum atomic E-state index is 14.7. The zero-order chi connectivity index (χ0) is 24.2. The number of carbonyl (C=O) groups is 1. The van der Waals surface area contributed by atoms with Gasteiger partial charge in [-0.1, -0.05) is 24.3 Å². The second-order valence-corrected chi connectivity index (χ2v) is 10.5. The summed E-state index contributed by atoms with van der Waals surface area (Å²) in [4.78, 5) is 14.4. The largest absolute Gasteiger partial charge is 0.372 e. The molecule has 2 aromatic carbocycles. The number of hydrogen-bond donors (Lipinski definition) is 2. The molecule has 0 aliphatic carbocycles. The van der Waals surface area contributed by atoms with Crippen LogP contribution < -0.4 is 15.5 Å². The number of nitrogens with one attached hydrogen (secondary N) is 2. The Hall–Kier alpha value is -2.69. The summed E-state index contributed by atoms with van der Waals surface area (Å²) in [5.74, 6) is -0.348. The molecule has 3 rings (SSSR count). The van der Waals surface area contributed by atoms with Gasteiger partial charge in [0.25, 0.3) is 0 Å². The Morgan fingerprint density at radius 2 is 1.73 bits per heavy atom. The van der Waals surface area contributed by atoms with Crippen LogP contribution in [0.4, 0.5) is 14.9 Å². The van der Waals surface area contributed by atoms with Crippen molar-refractivity contribution in [2.45, 2.75) is 44.0 Å². The molecule has 0 bridgehead atoms. The van der Waals surface area contributed by atoms with E-state index in [1.54, 1.807) is 30.3 Å². The number of halogens is 1. The van der Waals surface area contributed by atoms with Crippen molar-refractivity contribution in [1.82, 2.24) is 14.9 Å².